The number of ketones is 1. The van der Waals surface area contributed by atoms with E-state index in [9.17, 15) is 9.90 Å². The van der Waals surface area contributed by atoms with E-state index in [1.165, 1.54) is 0 Å². The van der Waals surface area contributed by atoms with Crippen molar-refractivity contribution in [3.63, 3.8) is 0 Å². The predicted molar refractivity (Wildman–Crippen MR) is 42.4 cm³/mol. The van der Waals surface area contributed by atoms with E-state index in [0.29, 0.717) is 13.1 Å². The van der Waals surface area contributed by atoms with Crippen molar-refractivity contribution in [1.29, 1.82) is 0 Å². The number of hydrogen-bond acceptors (Lipinski definition) is 3. The van der Waals surface area contributed by atoms with Crippen molar-refractivity contribution in [3.8, 4) is 0 Å². The average molecular weight is 157 g/mol. The second kappa shape index (κ2) is 3.83. The van der Waals surface area contributed by atoms with Gasteiger partial charge in [-0.3, -0.25) is 9.69 Å². The van der Waals surface area contributed by atoms with Gasteiger partial charge in [0.15, 0.2) is 0 Å². The Kier molecular flexibility index (Phi) is 3.02. The second-order valence-electron chi connectivity index (χ2n) is 3.23. The van der Waals surface area contributed by atoms with Gasteiger partial charge in [-0.2, -0.15) is 0 Å². The Bertz CT molecular complexity index is 147. The predicted octanol–water partition coefficient (Wildman–Crippen LogP) is 0.0321. The minimum atomic E-state index is -0.219. The quantitative estimate of drug-likeness (QED) is 0.615. The summed E-state index contributed by atoms with van der Waals surface area (Å²) in [5.41, 5.74) is 0. The summed E-state index contributed by atoms with van der Waals surface area (Å²) in [4.78, 5) is 12.7. The zero-order valence-corrected chi connectivity index (χ0v) is 6.92. The standard InChI is InChI=1S/C8H15NO2/c1-7(10)5-9-4-2-3-8(11)6-9/h8,11H,2-6H2,1H3. The summed E-state index contributed by atoms with van der Waals surface area (Å²) in [7, 11) is 0. The number of aliphatic hydroxyl groups is 1. The first-order valence-corrected chi connectivity index (χ1v) is 4.08. The van der Waals surface area contributed by atoms with E-state index in [1.54, 1.807) is 6.92 Å². The van der Waals surface area contributed by atoms with Gasteiger partial charge in [0.2, 0.25) is 0 Å². The molecule has 64 valence electrons. The maximum Gasteiger partial charge on any atom is 0.143 e. The second-order valence-corrected chi connectivity index (χ2v) is 3.23. The highest BCUT2D eigenvalue weighted by Gasteiger charge is 2.17. The lowest BCUT2D eigenvalue weighted by molar-refractivity contribution is -0.118. The number of rotatable bonds is 2. The van der Waals surface area contributed by atoms with Crippen LogP contribution in [0.1, 0.15) is 19.8 Å². The lowest BCUT2D eigenvalue weighted by Crippen LogP contribution is -2.40. The summed E-state index contributed by atoms with van der Waals surface area (Å²) in [6, 6.07) is 0. The lowest BCUT2D eigenvalue weighted by atomic mass is 10.1. The van der Waals surface area contributed by atoms with Gasteiger partial charge in [-0.05, 0) is 26.3 Å². The number of aliphatic hydroxyl groups excluding tert-OH is 1. The molecule has 1 atom stereocenters. The highest BCUT2D eigenvalue weighted by molar-refractivity contribution is 5.77. The van der Waals surface area contributed by atoms with Crippen molar-refractivity contribution in [2.75, 3.05) is 19.6 Å². The van der Waals surface area contributed by atoms with Crippen molar-refractivity contribution in [2.45, 2.75) is 25.9 Å². The van der Waals surface area contributed by atoms with Gasteiger partial charge in [0.1, 0.15) is 5.78 Å². The summed E-state index contributed by atoms with van der Waals surface area (Å²) in [5, 5.41) is 9.24. The Labute approximate surface area is 67.0 Å². The highest BCUT2D eigenvalue weighted by Crippen LogP contribution is 2.08. The van der Waals surface area contributed by atoms with Crippen LogP contribution in [0.3, 0.4) is 0 Å². The zero-order valence-electron chi connectivity index (χ0n) is 6.92. The molecule has 0 aliphatic carbocycles. The number of likely N-dealkylation sites (tertiary alicyclic amines) is 1. The van der Waals surface area contributed by atoms with Crippen LogP contribution in [-0.4, -0.2) is 41.5 Å². The first kappa shape index (κ1) is 8.68. The van der Waals surface area contributed by atoms with Crippen molar-refractivity contribution in [2.24, 2.45) is 0 Å². The number of piperidine rings is 1. The van der Waals surface area contributed by atoms with Crippen LogP contribution >= 0.6 is 0 Å². The van der Waals surface area contributed by atoms with Gasteiger partial charge < -0.3 is 5.11 Å². The molecule has 1 saturated heterocycles. The maximum absolute atomic E-state index is 10.7. The summed E-state index contributed by atoms with van der Waals surface area (Å²) in [6.45, 7) is 3.70. The molecule has 0 spiro atoms. The van der Waals surface area contributed by atoms with Gasteiger partial charge in [-0.25, -0.2) is 0 Å². The molecule has 0 amide bonds. The minimum absolute atomic E-state index is 0.180. The van der Waals surface area contributed by atoms with Crippen LogP contribution in [0, 0.1) is 0 Å². The van der Waals surface area contributed by atoms with E-state index in [1.807, 2.05) is 4.90 Å². The fraction of sp³-hybridized carbons (Fsp3) is 0.875. The Hall–Kier alpha value is -0.410. The Morgan fingerprint density at radius 2 is 2.45 bits per heavy atom. The summed E-state index contributed by atoms with van der Waals surface area (Å²) in [6.07, 6.45) is 1.67. The van der Waals surface area contributed by atoms with Gasteiger partial charge in [0.25, 0.3) is 0 Å². The van der Waals surface area contributed by atoms with Crippen molar-refractivity contribution in [1.82, 2.24) is 4.90 Å². The number of Topliss-reactive ketones (excluding diaryl/α,β-unsaturated/α-hetero) is 1. The van der Waals surface area contributed by atoms with Gasteiger partial charge in [0, 0.05) is 6.54 Å². The third kappa shape index (κ3) is 2.99. The highest BCUT2D eigenvalue weighted by atomic mass is 16.3. The third-order valence-electron chi connectivity index (χ3n) is 1.93. The fourth-order valence-corrected chi connectivity index (χ4v) is 1.49. The lowest BCUT2D eigenvalue weighted by Gasteiger charge is -2.28. The first-order chi connectivity index (χ1) is 5.18. The molecule has 0 aromatic carbocycles. The van der Waals surface area contributed by atoms with Gasteiger partial charge in [-0.1, -0.05) is 0 Å². The molecule has 1 heterocycles. The molecule has 1 unspecified atom stereocenters. The molecule has 0 aromatic rings. The minimum Gasteiger partial charge on any atom is -0.392 e. The molecule has 0 saturated carbocycles. The molecule has 3 heteroatoms. The average Bonchev–Trinajstić information content (AvgIpc) is 1.85. The van der Waals surface area contributed by atoms with Crippen LogP contribution < -0.4 is 0 Å². The summed E-state index contributed by atoms with van der Waals surface area (Å²) >= 11 is 0. The number of β-amino-alcohol motifs (C(OH)–C–C–N with tert-alkyl or cyclic N) is 1. The number of hydrogen-bond donors (Lipinski definition) is 1. The number of nitrogens with zero attached hydrogens (tertiary/aromatic N) is 1. The normalized spacial score (nSPS) is 26.9. The molecule has 1 fully saturated rings. The molecule has 0 bridgehead atoms. The zero-order chi connectivity index (χ0) is 8.27. The van der Waals surface area contributed by atoms with Crippen LogP contribution in [0.15, 0.2) is 0 Å². The molecule has 11 heavy (non-hydrogen) atoms. The van der Waals surface area contributed by atoms with Crippen molar-refractivity contribution >= 4 is 5.78 Å². The van der Waals surface area contributed by atoms with Crippen LogP contribution in [-0.2, 0) is 4.79 Å². The van der Waals surface area contributed by atoms with E-state index >= 15 is 0 Å². The van der Waals surface area contributed by atoms with E-state index in [-0.39, 0.29) is 11.9 Å². The summed E-state index contributed by atoms with van der Waals surface area (Å²) < 4.78 is 0. The maximum atomic E-state index is 10.7. The molecular formula is C8H15NO2. The molecule has 1 aliphatic heterocycles. The Morgan fingerprint density at radius 1 is 1.73 bits per heavy atom. The first-order valence-electron chi connectivity index (χ1n) is 4.08. The van der Waals surface area contributed by atoms with Gasteiger partial charge in [-0.15, -0.1) is 0 Å². The van der Waals surface area contributed by atoms with Crippen molar-refractivity contribution < 1.29 is 9.90 Å². The topological polar surface area (TPSA) is 40.5 Å². The van der Waals surface area contributed by atoms with Crippen LogP contribution in [0.2, 0.25) is 0 Å². The van der Waals surface area contributed by atoms with E-state index in [0.717, 1.165) is 19.4 Å². The molecule has 3 nitrogen and oxygen atoms in total. The smallest absolute Gasteiger partial charge is 0.143 e. The Balaban J connectivity index is 2.28. The van der Waals surface area contributed by atoms with E-state index in [2.05, 4.69) is 0 Å². The van der Waals surface area contributed by atoms with E-state index < -0.39 is 0 Å². The van der Waals surface area contributed by atoms with Crippen LogP contribution in [0.25, 0.3) is 0 Å². The van der Waals surface area contributed by atoms with Gasteiger partial charge in [0.05, 0.1) is 12.6 Å². The molecule has 1 aliphatic rings. The van der Waals surface area contributed by atoms with Gasteiger partial charge >= 0.3 is 0 Å². The Morgan fingerprint density at radius 3 is 3.00 bits per heavy atom. The monoisotopic (exact) mass is 157 g/mol. The van der Waals surface area contributed by atoms with Crippen LogP contribution in [0.5, 0.6) is 0 Å². The molecule has 0 radical (unpaired) electrons. The van der Waals surface area contributed by atoms with Crippen LogP contribution in [0.4, 0.5) is 0 Å². The van der Waals surface area contributed by atoms with Crippen molar-refractivity contribution in [3.05, 3.63) is 0 Å². The number of carbonyl (C=O) groups excluding carboxylic acids is 1. The SMILES string of the molecule is CC(=O)CN1CCCC(O)C1. The summed E-state index contributed by atoms with van der Waals surface area (Å²) in [5.74, 6) is 0.180. The number of carbonyl (C=O) groups is 1. The van der Waals surface area contributed by atoms with E-state index in [4.69, 9.17) is 0 Å². The largest absolute Gasteiger partial charge is 0.392 e. The molecule has 1 N–H and O–H groups in total. The molecular weight excluding hydrogens is 142 g/mol. The molecule has 1 rings (SSSR count). The third-order valence-corrected chi connectivity index (χ3v) is 1.93. The molecule has 0 aromatic heterocycles. The fourth-order valence-electron chi connectivity index (χ4n) is 1.49.